The highest BCUT2D eigenvalue weighted by Gasteiger charge is 2.54. The SMILES string of the molecule is CC1([C@@]2(N)CCN(Cc3ccccc3)C2)OC=CO1. The van der Waals surface area contributed by atoms with Crippen molar-refractivity contribution in [2.45, 2.75) is 31.2 Å². The molecule has 2 aliphatic rings. The molecule has 0 spiro atoms. The van der Waals surface area contributed by atoms with Crippen molar-refractivity contribution in [2.24, 2.45) is 5.73 Å². The lowest BCUT2D eigenvalue weighted by atomic mass is 9.90. The summed E-state index contributed by atoms with van der Waals surface area (Å²) in [6.07, 6.45) is 4.03. The zero-order chi connectivity index (χ0) is 13.3. The van der Waals surface area contributed by atoms with Crippen LogP contribution in [0.15, 0.2) is 42.9 Å². The largest absolute Gasteiger partial charge is 0.455 e. The molecular weight excluding hydrogens is 240 g/mol. The number of likely N-dealkylation sites (tertiary alicyclic amines) is 1. The van der Waals surface area contributed by atoms with Gasteiger partial charge in [-0.1, -0.05) is 30.3 Å². The Morgan fingerprint density at radius 2 is 1.89 bits per heavy atom. The molecule has 0 aromatic heterocycles. The summed E-state index contributed by atoms with van der Waals surface area (Å²) < 4.78 is 11.1. The summed E-state index contributed by atoms with van der Waals surface area (Å²) in [5, 5.41) is 0. The van der Waals surface area contributed by atoms with Gasteiger partial charge < -0.3 is 15.2 Å². The van der Waals surface area contributed by atoms with Gasteiger partial charge >= 0.3 is 0 Å². The van der Waals surface area contributed by atoms with Crippen molar-refractivity contribution in [3.05, 3.63) is 48.4 Å². The average Bonchev–Trinajstić information content (AvgIpc) is 3.00. The van der Waals surface area contributed by atoms with Gasteiger partial charge in [-0.2, -0.15) is 0 Å². The fraction of sp³-hybridized carbons (Fsp3) is 0.467. The number of nitrogens with zero attached hydrogens (tertiary/aromatic N) is 1. The van der Waals surface area contributed by atoms with Crippen molar-refractivity contribution >= 4 is 0 Å². The Hall–Kier alpha value is -1.52. The summed E-state index contributed by atoms with van der Waals surface area (Å²) in [5.74, 6) is -0.738. The van der Waals surface area contributed by atoms with Crippen LogP contribution >= 0.6 is 0 Å². The standard InChI is InChI=1S/C15H20N2O2/c1-14(18-9-10-19-14)15(16)7-8-17(12-15)11-13-5-3-2-4-6-13/h2-6,9-10H,7-8,11-12,16H2,1H3/t15-/m1/s1. The van der Waals surface area contributed by atoms with E-state index in [1.165, 1.54) is 5.56 Å². The minimum absolute atomic E-state index is 0.467. The molecule has 0 unspecified atom stereocenters. The van der Waals surface area contributed by atoms with Crippen LogP contribution in [0.5, 0.6) is 0 Å². The van der Waals surface area contributed by atoms with Gasteiger partial charge in [0.1, 0.15) is 18.1 Å². The first kappa shape index (κ1) is 12.5. The average molecular weight is 260 g/mol. The minimum Gasteiger partial charge on any atom is -0.455 e. The third-order valence-electron chi connectivity index (χ3n) is 4.17. The quantitative estimate of drug-likeness (QED) is 0.900. The number of benzene rings is 1. The molecule has 2 heterocycles. The fourth-order valence-corrected chi connectivity index (χ4v) is 2.84. The predicted molar refractivity (Wildman–Crippen MR) is 73.0 cm³/mol. The van der Waals surface area contributed by atoms with Gasteiger partial charge in [0.05, 0.1) is 0 Å². The first-order valence-corrected chi connectivity index (χ1v) is 6.67. The smallest absolute Gasteiger partial charge is 0.266 e. The molecule has 2 aliphatic heterocycles. The molecule has 3 rings (SSSR count). The van der Waals surface area contributed by atoms with E-state index in [1.54, 1.807) is 12.5 Å². The van der Waals surface area contributed by atoms with Crippen LogP contribution in [0.25, 0.3) is 0 Å². The van der Waals surface area contributed by atoms with Crippen LogP contribution in [0.3, 0.4) is 0 Å². The Balaban J connectivity index is 1.67. The Kier molecular flexibility index (Phi) is 2.99. The normalized spacial score (nSPS) is 29.2. The first-order chi connectivity index (χ1) is 9.11. The van der Waals surface area contributed by atoms with Crippen LogP contribution in [-0.2, 0) is 16.0 Å². The molecule has 102 valence electrons. The third kappa shape index (κ3) is 2.22. The zero-order valence-electron chi connectivity index (χ0n) is 11.2. The molecule has 4 heteroatoms. The molecule has 1 aromatic carbocycles. The topological polar surface area (TPSA) is 47.7 Å². The highest BCUT2D eigenvalue weighted by Crippen LogP contribution is 2.37. The van der Waals surface area contributed by atoms with Gasteiger partial charge in [-0.05, 0) is 12.0 Å². The summed E-state index contributed by atoms with van der Waals surface area (Å²) >= 11 is 0. The molecule has 19 heavy (non-hydrogen) atoms. The second kappa shape index (κ2) is 4.54. The van der Waals surface area contributed by atoms with E-state index in [0.29, 0.717) is 0 Å². The highest BCUT2D eigenvalue weighted by atomic mass is 16.7. The monoisotopic (exact) mass is 260 g/mol. The summed E-state index contributed by atoms with van der Waals surface area (Å²) in [5.41, 5.74) is 7.35. The van der Waals surface area contributed by atoms with E-state index in [-0.39, 0.29) is 0 Å². The van der Waals surface area contributed by atoms with Crippen LogP contribution in [-0.4, -0.2) is 29.3 Å². The van der Waals surface area contributed by atoms with Gasteiger partial charge in [0, 0.05) is 26.6 Å². The lowest BCUT2D eigenvalue weighted by Gasteiger charge is -2.38. The Morgan fingerprint density at radius 3 is 2.58 bits per heavy atom. The molecule has 0 radical (unpaired) electrons. The number of ether oxygens (including phenoxy) is 2. The molecule has 4 nitrogen and oxygen atoms in total. The first-order valence-electron chi connectivity index (χ1n) is 6.67. The van der Waals surface area contributed by atoms with Gasteiger partial charge in [0.2, 0.25) is 0 Å². The van der Waals surface area contributed by atoms with Crippen LogP contribution < -0.4 is 5.73 Å². The van der Waals surface area contributed by atoms with Crippen LogP contribution in [0.2, 0.25) is 0 Å². The second-order valence-corrected chi connectivity index (χ2v) is 5.56. The van der Waals surface area contributed by atoms with Gasteiger partial charge in [-0.25, -0.2) is 0 Å². The van der Waals surface area contributed by atoms with E-state index in [2.05, 4.69) is 29.2 Å². The van der Waals surface area contributed by atoms with E-state index < -0.39 is 11.3 Å². The van der Waals surface area contributed by atoms with E-state index in [1.807, 2.05) is 13.0 Å². The molecule has 0 amide bonds. The summed E-state index contributed by atoms with van der Waals surface area (Å²) in [6.45, 7) is 4.58. The van der Waals surface area contributed by atoms with Crippen molar-refractivity contribution in [2.75, 3.05) is 13.1 Å². The molecule has 2 N–H and O–H groups in total. The highest BCUT2D eigenvalue weighted by molar-refractivity contribution is 5.16. The maximum absolute atomic E-state index is 6.51. The summed E-state index contributed by atoms with van der Waals surface area (Å²) in [7, 11) is 0. The van der Waals surface area contributed by atoms with Gasteiger partial charge in [-0.3, -0.25) is 4.90 Å². The van der Waals surface area contributed by atoms with Gasteiger partial charge in [-0.15, -0.1) is 0 Å². The maximum atomic E-state index is 6.51. The number of rotatable bonds is 3. The van der Waals surface area contributed by atoms with E-state index in [9.17, 15) is 0 Å². The Bertz CT molecular complexity index is 466. The Labute approximate surface area is 113 Å². The zero-order valence-corrected chi connectivity index (χ0v) is 11.2. The molecule has 0 aliphatic carbocycles. The summed E-state index contributed by atoms with van der Waals surface area (Å²) in [4.78, 5) is 2.35. The number of nitrogens with two attached hydrogens (primary N) is 1. The molecule has 1 fully saturated rings. The third-order valence-corrected chi connectivity index (χ3v) is 4.17. The lowest BCUT2D eigenvalue weighted by Crippen LogP contribution is -2.61. The second-order valence-electron chi connectivity index (χ2n) is 5.56. The number of hydrogen-bond donors (Lipinski definition) is 1. The van der Waals surface area contributed by atoms with Crippen LogP contribution in [0.1, 0.15) is 18.9 Å². The Morgan fingerprint density at radius 1 is 1.21 bits per heavy atom. The molecule has 0 bridgehead atoms. The van der Waals surface area contributed by atoms with Gasteiger partial charge in [0.15, 0.2) is 0 Å². The minimum atomic E-state index is -0.738. The van der Waals surface area contributed by atoms with Crippen molar-refractivity contribution in [3.8, 4) is 0 Å². The molecule has 0 saturated carbocycles. The molecule has 1 atom stereocenters. The van der Waals surface area contributed by atoms with E-state index in [0.717, 1.165) is 26.1 Å². The van der Waals surface area contributed by atoms with E-state index >= 15 is 0 Å². The lowest BCUT2D eigenvalue weighted by molar-refractivity contribution is -0.174. The van der Waals surface area contributed by atoms with Crippen molar-refractivity contribution < 1.29 is 9.47 Å². The van der Waals surface area contributed by atoms with Crippen LogP contribution in [0, 0.1) is 0 Å². The van der Waals surface area contributed by atoms with E-state index in [4.69, 9.17) is 15.2 Å². The van der Waals surface area contributed by atoms with Crippen LogP contribution in [0.4, 0.5) is 0 Å². The molecule has 1 saturated heterocycles. The maximum Gasteiger partial charge on any atom is 0.266 e. The fourth-order valence-electron chi connectivity index (χ4n) is 2.84. The van der Waals surface area contributed by atoms with Crippen molar-refractivity contribution in [3.63, 3.8) is 0 Å². The molecule has 1 aromatic rings. The van der Waals surface area contributed by atoms with Gasteiger partial charge in [0.25, 0.3) is 5.79 Å². The van der Waals surface area contributed by atoms with Crippen molar-refractivity contribution in [1.29, 1.82) is 0 Å². The summed E-state index contributed by atoms with van der Waals surface area (Å²) in [6, 6.07) is 10.4. The predicted octanol–water partition coefficient (Wildman–Crippen LogP) is 1.82. The van der Waals surface area contributed by atoms with Crippen molar-refractivity contribution in [1.82, 2.24) is 4.90 Å². The molecular formula is C15H20N2O2. The number of hydrogen-bond acceptors (Lipinski definition) is 4.